The minimum absolute atomic E-state index is 0.0489. The van der Waals surface area contributed by atoms with Gasteiger partial charge in [-0.1, -0.05) is 5.16 Å². The SMILES string of the molecule is CCOC(=O)/C=N\OC1CCCC1c1csc(N)n1. The lowest BCUT2D eigenvalue weighted by atomic mass is 10.0. The van der Waals surface area contributed by atoms with Crippen molar-refractivity contribution in [3.63, 3.8) is 0 Å². The van der Waals surface area contributed by atoms with Crippen molar-refractivity contribution in [3.05, 3.63) is 11.1 Å². The maximum Gasteiger partial charge on any atom is 0.352 e. The average Bonchev–Trinajstić information content (AvgIpc) is 2.98. The molecule has 19 heavy (non-hydrogen) atoms. The first-order valence-electron chi connectivity index (χ1n) is 6.27. The van der Waals surface area contributed by atoms with E-state index in [1.165, 1.54) is 11.3 Å². The summed E-state index contributed by atoms with van der Waals surface area (Å²) in [4.78, 5) is 20.8. The molecule has 0 spiro atoms. The summed E-state index contributed by atoms with van der Waals surface area (Å²) in [6.45, 7) is 2.07. The van der Waals surface area contributed by atoms with Gasteiger partial charge in [0.2, 0.25) is 0 Å². The number of carbonyl (C=O) groups is 1. The molecule has 0 bridgehead atoms. The molecule has 0 saturated heterocycles. The summed E-state index contributed by atoms with van der Waals surface area (Å²) in [6, 6.07) is 0. The molecule has 0 aliphatic heterocycles. The molecule has 1 aliphatic carbocycles. The minimum Gasteiger partial charge on any atom is -0.462 e. The predicted octanol–water partition coefficient (Wildman–Crippen LogP) is 1.93. The largest absolute Gasteiger partial charge is 0.462 e. The lowest BCUT2D eigenvalue weighted by Crippen LogP contribution is -2.15. The minimum atomic E-state index is -0.491. The summed E-state index contributed by atoms with van der Waals surface area (Å²) in [7, 11) is 0. The van der Waals surface area contributed by atoms with Crippen molar-refractivity contribution < 1.29 is 14.4 Å². The number of ether oxygens (including phenoxy) is 1. The van der Waals surface area contributed by atoms with Gasteiger partial charge < -0.3 is 15.3 Å². The fraction of sp³-hybridized carbons (Fsp3) is 0.583. The van der Waals surface area contributed by atoms with E-state index in [1.54, 1.807) is 6.92 Å². The number of anilines is 1. The molecule has 1 heterocycles. The molecule has 104 valence electrons. The van der Waals surface area contributed by atoms with E-state index in [9.17, 15) is 4.79 Å². The van der Waals surface area contributed by atoms with Gasteiger partial charge in [-0.15, -0.1) is 11.3 Å². The lowest BCUT2D eigenvalue weighted by molar-refractivity contribution is -0.134. The van der Waals surface area contributed by atoms with Crippen LogP contribution in [0, 0.1) is 0 Å². The monoisotopic (exact) mass is 283 g/mol. The molecule has 6 nitrogen and oxygen atoms in total. The van der Waals surface area contributed by atoms with Crippen LogP contribution in [0.3, 0.4) is 0 Å². The molecule has 1 aromatic rings. The van der Waals surface area contributed by atoms with E-state index in [2.05, 4.69) is 10.1 Å². The highest BCUT2D eigenvalue weighted by molar-refractivity contribution is 7.13. The Balaban J connectivity index is 1.91. The Hall–Kier alpha value is -1.63. The molecular weight excluding hydrogens is 266 g/mol. The summed E-state index contributed by atoms with van der Waals surface area (Å²) < 4.78 is 4.73. The second-order valence-electron chi connectivity index (χ2n) is 4.28. The molecule has 0 aromatic carbocycles. The van der Waals surface area contributed by atoms with Crippen molar-refractivity contribution in [3.8, 4) is 0 Å². The van der Waals surface area contributed by atoms with Crippen LogP contribution in [-0.2, 0) is 14.4 Å². The number of esters is 1. The zero-order valence-electron chi connectivity index (χ0n) is 10.7. The molecule has 1 fully saturated rings. The van der Waals surface area contributed by atoms with Crippen LogP contribution in [0.15, 0.2) is 10.5 Å². The standard InChI is InChI=1S/C12H17N3O3S/c1-2-17-11(16)6-14-18-10-5-3-4-8(10)9-7-19-12(13)15-9/h6-8,10H,2-5H2,1H3,(H2,13,15)/b14-6-. The Bertz CT molecular complexity index is 461. The second kappa shape index (κ2) is 6.51. The van der Waals surface area contributed by atoms with Crippen LogP contribution in [0.5, 0.6) is 0 Å². The molecular formula is C12H17N3O3S. The van der Waals surface area contributed by atoms with Gasteiger partial charge in [-0.2, -0.15) is 0 Å². The second-order valence-corrected chi connectivity index (χ2v) is 5.17. The summed E-state index contributed by atoms with van der Waals surface area (Å²) >= 11 is 1.43. The highest BCUT2D eigenvalue weighted by atomic mass is 32.1. The zero-order chi connectivity index (χ0) is 13.7. The van der Waals surface area contributed by atoms with Crippen LogP contribution in [0.1, 0.15) is 37.8 Å². The highest BCUT2D eigenvalue weighted by Gasteiger charge is 2.32. The summed E-state index contributed by atoms with van der Waals surface area (Å²) in [5.74, 6) is -0.289. The molecule has 2 rings (SSSR count). The van der Waals surface area contributed by atoms with Crippen molar-refractivity contribution >= 4 is 28.7 Å². The first kappa shape index (κ1) is 13.8. The van der Waals surface area contributed by atoms with E-state index >= 15 is 0 Å². The fourth-order valence-electron chi connectivity index (χ4n) is 2.19. The molecule has 2 N–H and O–H groups in total. The van der Waals surface area contributed by atoms with E-state index < -0.39 is 5.97 Å². The van der Waals surface area contributed by atoms with Crippen LogP contribution in [0.25, 0.3) is 0 Å². The number of thiazole rings is 1. The van der Waals surface area contributed by atoms with Gasteiger partial charge in [-0.3, -0.25) is 0 Å². The van der Waals surface area contributed by atoms with Crippen LogP contribution < -0.4 is 5.73 Å². The van der Waals surface area contributed by atoms with Gasteiger partial charge in [0.15, 0.2) is 11.3 Å². The van der Waals surface area contributed by atoms with Gasteiger partial charge in [0, 0.05) is 11.3 Å². The molecule has 1 saturated carbocycles. The topological polar surface area (TPSA) is 86.8 Å². The first-order chi connectivity index (χ1) is 9.20. The molecule has 0 amide bonds. The summed E-state index contributed by atoms with van der Waals surface area (Å²) in [5, 5.41) is 6.22. The van der Waals surface area contributed by atoms with Crippen molar-refractivity contribution in [2.24, 2.45) is 5.16 Å². The number of hydrogen-bond donors (Lipinski definition) is 1. The van der Waals surface area contributed by atoms with E-state index in [-0.39, 0.29) is 12.0 Å². The number of nitrogens with zero attached hydrogens (tertiary/aromatic N) is 2. The quantitative estimate of drug-likeness (QED) is 0.507. The van der Waals surface area contributed by atoms with Crippen molar-refractivity contribution in [2.75, 3.05) is 12.3 Å². The molecule has 1 aromatic heterocycles. The van der Waals surface area contributed by atoms with Crippen LogP contribution in [-0.4, -0.2) is 29.9 Å². The molecule has 7 heteroatoms. The van der Waals surface area contributed by atoms with E-state index in [0.29, 0.717) is 11.7 Å². The number of nitrogens with two attached hydrogens (primary N) is 1. The number of oxime groups is 1. The third kappa shape index (κ3) is 3.66. The molecule has 0 radical (unpaired) electrons. The number of rotatable bonds is 5. The third-order valence-corrected chi connectivity index (χ3v) is 3.71. The maximum atomic E-state index is 11.1. The number of nitrogen functional groups attached to an aromatic ring is 1. The highest BCUT2D eigenvalue weighted by Crippen LogP contribution is 2.37. The van der Waals surface area contributed by atoms with Gasteiger partial charge in [0.1, 0.15) is 6.10 Å². The number of hydrogen-bond acceptors (Lipinski definition) is 7. The van der Waals surface area contributed by atoms with Gasteiger partial charge in [-0.05, 0) is 26.2 Å². The Morgan fingerprint density at radius 2 is 2.53 bits per heavy atom. The van der Waals surface area contributed by atoms with E-state index in [1.807, 2.05) is 5.38 Å². The summed E-state index contributed by atoms with van der Waals surface area (Å²) in [5.41, 5.74) is 6.60. The van der Waals surface area contributed by atoms with E-state index in [0.717, 1.165) is 31.2 Å². The van der Waals surface area contributed by atoms with Crippen LogP contribution >= 0.6 is 11.3 Å². The number of aromatic nitrogens is 1. The van der Waals surface area contributed by atoms with E-state index in [4.69, 9.17) is 15.3 Å². The van der Waals surface area contributed by atoms with Crippen molar-refractivity contribution in [2.45, 2.75) is 38.2 Å². The van der Waals surface area contributed by atoms with Crippen molar-refractivity contribution in [1.82, 2.24) is 4.98 Å². The Kier molecular flexibility index (Phi) is 4.73. The summed E-state index contributed by atoms with van der Waals surface area (Å²) in [6.07, 6.45) is 3.98. The smallest absolute Gasteiger partial charge is 0.352 e. The predicted molar refractivity (Wildman–Crippen MR) is 73.1 cm³/mol. The maximum absolute atomic E-state index is 11.1. The first-order valence-corrected chi connectivity index (χ1v) is 7.15. The Morgan fingerprint density at radius 3 is 3.21 bits per heavy atom. The Labute approximate surface area is 115 Å². The third-order valence-electron chi connectivity index (χ3n) is 3.01. The average molecular weight is 283 g/mol. The molecule has 2 unspecified atom stereocenters. The van der Waals surface area contributed by atoms with Gasteiger partial charge in [-0.25, -0.2) is 9.78 Å². The molecule has 2 atom stereocenters. The zero-order valence-corrected chi connectivity index (χ0v) is 11.6. The van der Waals surface area contributed by atoms with Crippen molar-refractivity contribution in [1.29, 1.82) is 0 Å². The normalized spacial score (nSPS) is 22.8. The fourth-order valence-corrected chi connectivity index (χ4v) is 2.82. The Morgan fingerprint density at radius 1 is 1.68 bits per heavy atom. The van der Waals surface area contributed by atoms with Gasteiger partial charge in [0.05, 0.1) is 12.3 Å². The van der Waals surface area contributed by atoms with Gasteiger partial charge in [0.25, 0.3) is 0 Å². The van der Waals surface area contributed by atoms with Crippen LogP contribution in [0.2, 0.25) is 0 Å². The van der Waals surface area contributed by atoms with Gasteiger partial charge >= 0.3 is 5.97 Å². The van der Waals surface area contributed by atoms with Crippen LogP contribution in [0.4, 0.5) is 5.13 Å². The number of carbonyl (C=O) groups excluding carboxylic acids is 1. The molecule has 1 aliphatic rings. The lowest BCUT2D eigenvalue weighted by Gasteiger charge is -2.15.